The van der Waals surface area contributed by atoms with Gasteiger partial charge in [-0.3, -0.25) is 14.5 Å². The van der Waals surface area contributed by atoms with E-state index in [9.17, 15) is 9.59 Å². The molecule has 2 rings (SSSR count). The van der Waals surface area contributed by atoms with Gasteiger partial charge in [0.05, 0.1) is 21.3 Å². The Hall–Kier alpha value is -2.76. The van der Waals surface area contributed by atoms with Crippen LogP contribution in [-0.4, -0.2) is 44.6 Å². The zero-order valence-electron chi connectivity index (χ0n) is 13.4. The molecule has 6 nitrogen and oxygen atoms in total. The first kappa shape index (κ1) is 16.6. The number of hydrogen-bond acceptors (Lipinski definition) is 5. The van der Waals surface area contributed by atoms with Crippen molar-refractivity contribution in [1.29, 1.82) is 0 Å². The average molecular weight is 317 g/mol. The van der Waals surface area contributed by atoms with Crippen LogP contribution in [0, 0.1) is 0 Å². The van der Waals surface area contributed by atoms with E-state index in [1.54, 1.807) is 18.2 Å². The van der Waals surface area contributed by atoms with Crippen LogP contribution in [0.1, 0.15) is 12.0 Å². The summed E-state index contributed by atoms with van der Waals surface area (Å²) in [6, 6.07) is 3.44. The van der Waals surface area contributed by atoms with Crippen molar-refractivity contribution in [1.82, 2.24) is 4.90 Å². The molecule has 1 aliphatic heterocycles. The summed E-state index contributed by atoms with van der Waals surface area (Å²) in [4.78, 5) is 25.0. The number of rotatable bonds is 5. The zero-order valence-corrected chi connectivity index (χ0v) is 13.4. The molecule has 1 aliphatic rings. The molecule has 1 saturated heterocycles. The van der Waals surface area contributed by atoms with Crippen molar-refractivity contribution in [3.05, 3.63) is 35.9 Å². The van der Waals surface area contributed by atoms with Gasteiger partial charge in [-0.05, 0) is 30.2 Å². The number of carbonyl (C=O) groups excluding carboxylic acids is 2. The van der Waals surface area contributed by atoms with Crippen LogP contribution in [-0.2, 0) is 9.59 Å². The molecule has 1 heterocycles. The summed E-state index contributed by atoms with van der Waals surface area (Å²) >= 11 is 0. The molecule has 0 aliphatic carbocycles. The lowest BCUT2D eigenvalue weighted by molar-refractivity contribution is -0.137. The molecule has 0 atom stereocenters. The van der Waals surface area contributed by atoms with Crippen LogP contribution in [0.15, 0.2) is 30.4 Å². The van der Waals surface area contributed by atoms with Crippen LogP contribution < -0.4 is 14.2 Å². The molecule has 2 amide bonds. The first-order valence-corrected chi connectivity index (χ1v) is 7.03. The highest BCUT2D eigenvalue weighted by molar-refractivity contribution is 6.10. The van der Waals surface area contributed by atoms with Crippen molar-refractivity contribution in [2.24, 2.45) is 0 Å². The summed E-state index contributed by atoms with van der Waals surface area (Å²) in [5.74, 6) is 0.769. The predicted molar refractivity (Wildman–Crippen MR) is 85.6 cm³/mol. The second kappa shape index (κ2) is 7.00. The van der Waals surface area contributed by atoms with Gasteiger partial charge in [0.15, 0.2) is 11.5 Å². The third-order valence-electron chi connectivity index (χ3n) is 3.56. The maximum atomic E-state index is 12.1. The molecule has 0 spiro atoms. The van der Waals surface area contributed by atoms with E-state index in [1.165, 1.54) is 32.3 Å². The van der Waals surface area contributed by atoms with Crippen LogP contribution in [0.3, 0.4) is 0 Å². The first-order valence-electron chi connectivity index (χ1n) is 7.03. The number of benzene rings is 1. The number of nitrogens with zero attached hydrogens (tertiary/aromatic N) is 1. The highest BCUT2D eigenvalue weighted by Crippen LogP contribution is 2.38. The van der Waals surface area contributed by atoms with Crippen molar-refractivity contribution >= 4 is 17.9 Å². The Labute approximate surface area is 134 Å². The predicted octanol–water partition coefficient (Wildman–Crippen LogP) is 2.04. The number of ether oxygens (including phenoxy) is 3. The van der Waals surface area contributed by atoms with Gasteiger partial charge in [-0.2, -0.15) is 0 Å². The molecule has 0 aromatic heterocycles. The molecule has 6 heteroatoms. The van der Waals surface area contributed by atoms with Gasteiger partial charge in [0.25, 0.3) is 11.8 Å². The van der Waals surface area contributed by atoms with Crippen LogP contribution >= 0.6 is 0 Å². The van der Waals surface area contributed by atoms with E-state index < -0.39 is 0 Å². The standard InChI is InChI=1S/C17H19NO5/c1-11-7-8-18(17(11)20)15(19)6-5-12-9-13(21-2)16(23-4)14(10-12)22-3/h5-6,9-10H,1,7-8H2,2-4H3/b6-5+. The van der Waals surface area contributed by atoms with Crippen LogP contribution in [0.5, 0.6) is 17.2 Å². The van der Waals surface area contributed by atoms with Gasteiger partial charge in [0.2, 0.25) is 5.75 Å². The molecule has 1 fully saturated rings. The molecule has 1 aromatic rings. The maximum Gasteiger partial charge on any atom is 0.256 e. The Morgan fingerprint density at radius 1 is 1.17 bits per heavy atom. The van der Waals surface area contributed by atoms with Gasteiger partial charge in [-0.15, -0.1) is 0 Å². The summed E-state index contributed by atoms with van der Waals surface area (Å²) in [5.41, 5.74) is 1.15. The maximum absolute atomic E-state index is 12.1. The van der Waals surface area contributed by atoms with Gasteiger partial charge in [-0.25, -0.2) is 0 Å². The largest absolute Gasteiger partial charge is 0.493 e. The van der Waals surface area contributed by atoms with E-state index in [0.717, 1.165) is 0 Å². The number of imide groups is 1. The van der Waals surface area contributed by atoms with Crippen LogP contribution in [0.2, 0.25) is 0 Å². The molecule has 122 valence electrons. The van der Waals surface area contributed by atoms with Crippen molar-refractivity contribution in [2.75, 3.05) is 27.9 Å². The summed E-state index contributed by atoms with van der Waals surface area (Å²) < 4.78 is 15.8. The van der Waals surface area contributed by atoms with Crippen molar-refractivity contribution in [2.45, 2.75) is 6.42 Å². The second-order valence-corrected chi connectivity index (χ2v) is 4.94. The fraction of sp³-hybridized carbons (Fsp3) is 0.294. The normalized spacial score (nSPS) is 14.5. The number of carbonyl (C=O) groups is 2. The first-order chi connectivity index (χ1) is 11.0. The Kier molecular flexibility index (Phi) is 5.05. The Balaban J connectivity index is 2.24. The number of amides is 2. The molecule has 0 radical (unpaired) electrons. The number of methoxy groups -OCH3 is 3. The van der Waals surface area contributed by atoms with Gasteiger partial charge in [-0.1, -0.05) is 6.58 Å². The van der Waals surface area contributed by atoms with E-state index >= 15 is 0 Å². The lowest BCUT2D eigenvalue weighted by Gasteiger charge is -2.13. The average Bonchev–Trinajstić information content (AvgIpc) is 2.90. The lowest BCUT2D eigenvalue weighted by atomic mass is 10.1. The fourth-order valence-corrected chi connectivity index (χ4v) is 2.31. The number of likely N-dealkylation sites (tertiary alicyclic amines) is 1. The summed E-state index contributed by atoms with van der Waals surface area (Å²) in [6.07, 6.45) is 3.46. The van der Waals surface area contributed by atoms with E-state index in [1.807, 2.05) is 0 Å². The van der Waals surface area contributed by atoms with E-state index in [0.29, 0.717) is 41.4 Å². The molecule has 23 heavy (non-hydrogen) atoms. The number of hydrogen-bond donors (Lipinski definition) is 0. The second-order valence-electron chi connectivity index (χ2n) is 4.94. The molecule has 0 saturated carbocycles. The van der Waals surface area contributed by atoms with Gasteiger partial charge in [0, 0.05) is 18.2 Å². The SMILES string of the molecule is C=C1CCN(C(=O)/C=C/c2cc(OC)c(OC)c(OC)c2)C1=O. The van der Waals surface area contributed by atoms with E-state index in [-0.39, 0.29) is 11.8 Å². The van der Waals surface area contributed by atoms with Crippen molar-refractivity contribution in [3.63, 3.8) is 0 Å². The van der Waals surface area contributed by atoms with E-state index in [4.69, 9.17) is 14.2 Å². The molecule has 0 unspecified atom stereocenters. The highest BCUT2D eigenvalue weighted by Gasteiger charge is 2.28. The summed E-state index contributed by atoms with van der Waals surface area (Å²) in [6.45, 7) is 4.01. The summed E-state index contributed by atoms with van der Waals surface area (Å²) in [5, 5.41) is 0. The zero-order chi connectivity index (χ0) is 17.0. The molecular weight excluding hydrogens is 298 g/mol. The Morgan fingerprint density at radius 3 is 2.22 bits per heavy atom. The summed E-state index contributed by atoms with van der Waals surface area (Å²) in [7, 11) is 4.56. The fourth-order valence-electron chi connectivity index (χ4n) is 2.31. The molecule has 0 bridgehead atoms. The smallest absolute Gasteiger partial charge is 0.256 e. The van der Waals surface area contributed by atoms with Crippen molar-refractivity contribution in [3.8, 4) is 17.2 Å². The minimum Gasteiger partial charge on any atom is -0.493 e. The lowest BCUT2D eigenvalue weighted by Crippen LogP contribution is -2.30. The third kappa shape index (κ3) is 3.36. The van der Waals surface area contributed by atoms with Gasteiger partial charge < -0.3 is 14.2 Å². The minimum atomic E-state index is -0.373. The topological polar surface area (TPSA) is 65.1 Å². The minimum absolute atomic E-state index is 0.315. The van der Waals surface area contributed by atoms with Crippen molar-refractivity contribution < 1.29 is 23.8 Å². The highest BCUT2D eigenvalue weighted by atomic mass is 16.5. The van der Waals surface area contributed by atoms with Gasteiger partial charge in [0.1, 0.15) is 0 Å². The Morgan fingerprint density at radius 2 is 1.78 bits per heavy atom. The van der Waals surface area contributed by atoms with Gasteiger partial charge >= 0.3 is 0 Å². The molecule has 1 aromatic carbocycles. The van der Waals surface area contributed by atoms with Crippen LogP contribution in [0.25, 0.3) is 6.08 Å². The quantitative estimate of drug-likeness (QED) is 0.778. The molecular formula is C17H19NO5. The third-order valence-corrected chi connectivity index (χ3v) is 3.56. The Bertz CT molecular complexity index is 653. The van der Waals surface area contributed by atoms with E-state index in [2.05, 4.69) is 6.58 Å². The van der Waals surface area contributed by atoms with Crippen LogP contribution in [0.4, 0.5) is 0 Å². The monoisotopic (exact) mass is 317 g/mol. The molecule has 0 N–H and O–H groups in total.